The van der Waals surface area contributed by atoms with E-state index in [2.05, 4.69) is 51.4 Å². The number of nitrogens with one attached hydrogen (secondary N) is 1. The van der Waals surface area contributed by atoms with Crippen molar-refractivity contribution in [1.29, 1.82) is 0 Å². The molecular weight excluding hydrogens is 292 g/mol. The van der Waals surface area contributed by atoms with Gasteiger partial charge in [-0.05, 0) is 52.8 Å². The first-order valence-electron chi connectivity index (χ1n) is 5.87. The molecule has 3 nitrogen and oxygen atoms in total. The average molecular weight is 309 g/mol. The number of hydrogen-bond acceptors (Lipinski definition) is 3. The zero-order valence-electron chi connectivity index (χ0n) is 10.6. The lowest BCUT2D eigenvalue weighted by molar-refractivity contribution is 0.507. The van der Waals surface area contributed by atoms with Crippen LogP contribution in [0.2, 0.25) is 0 Å². The predicted molar refractivity (Wildman–Crippen MR) is 77.7 cm³/mol. The molecule has 0 aliphatic rings. The first-order chi connectivity index (χ1) is 8.70. The second-order valence-corrected chi connectivity index (χ2v) is 5.11. The van der Waals surface area contributed by atoms with Crippen LogP contribution >= 0.6 is 15.9 Å². The third kappa shape index (κ3) is 3.15. The number of hydrogen-bond donors (Lipinski definition) is 1. The molecule has 0 bridgehead atoms. The van der Waals surface area contributed by atoms with E-state index in [-0.39, 0.29) is 0 Å². The summed E-state index contributed by atoms with van der Waals surface area (Å²) in [5.74, 6) is 0.962. The molecule has 96 valence electrons. The monoisotopic (exact) mass is 308 g/mol. The van der Waals surface area contributed by atoms with Crippen molar-refractivity contribution < 1.29 is 4.42 Å². The molecule has 18 heavy (non-hydrogen) atoms. The van der Waals surface area contributed by atoms with Gasteiger partial charge in [0.25, 0.3) is 0 Å². The van der Waals surface area contributed by atoms with E-state index >= 15 is 0 Å². The molecule has 1 heterocycles. The maximum atomic E-state index is 5.36. The highest BCUT2D eigenvalue weighted by Crippen LogP contribution is 2.27. The van der Waals surface area contributed by atoms with Gasteiger partial charge in [-0.3, -0.25) is 0 Å². The quantitative estimate of drug-likeness (QED) is 0.917. The average Bonchev–Trinajstić information content (AvgIpc) is 2.82. The van der Waals surface area contributed by atoms with Gasteiger partial charge in [0.05, 0.1) is 18.5 Å². The molecule has 0 fully saturated rings. The maximum Gasteiger partial charge on any atom is 0.123 e. The van der Waals surface area contributed by atoms with Crippen LogP contribution in [0.25, 0.3) is 0 Å². The van der Waals surface area contributed by atoms with E-state index < -0.39 is 0 Å². The fourth-order valence-corrected chi connectivity index (χ4v) is 2.62. The second kappa shape index (κ2) is 6.07. The van der Waals surface area contributed by atoms with E-state index in [0.717, 1.165) is 29.0 Å². The summed E-state index contributed by atoms with van der Waals surface area (Å²) in [4.78, 5) is 2.16. The van der Waals surface area contributed by atoms with Crippen LogP contribution in [0.3, 0.4) is 0 Å². The van der Waals surface area contributed by atoms with E-state index in [0.29, 0.717) is 0 Å². The molecule has 2 rings (SSSR count). The van der Waals surface area contributed by atoms with Gasteiger partial charge in [0, 0.05) is 18.1 Å². The number of halogens is 1. The van der Waals surface area contributed by atoms with E-state index in [1.165, 1.54) is 5.56 Å². The van der Waals surface area contributed by atoms with Crippen molar-refractivity contribution in [3.8, 4) is 0 Å². The maximum absolute atomic E-state index is 5.36. The van der Waals surface area contributed by atoms with Gasteiger partial charge in [0.1, 0.15) is 5.76 Å². The molecular formula is C14H17BrN2O. The zero-order valence-corrected chi connectivity index (χ0v) is 12.2. The minimum absolute atomic E-state index is 0.761. The predicted octanol–water partition coefficient (Wildman–Crippen LogP) is 3.40. The Morgan fingerprint density at radius 2 is 2.17 bits per heavy atom. The van der Waals surface area contributed by atoms with Gasteiger partial charge in [-0.1, -0.05) is 6.07 Å². The van der Waals surface area contributed by atoms with Gasteiger partial charge in [-0.2, -0.15) is 0 Å². The van der Waals surface area contributed by atoms with Crippen molar-refractivity contribution in [3.63, 3.8) is 0 Å². The van der Waals surface area contributed by atoms with E-state index in [9.17, 15) is 0 Å². The van der Waals surface area contributed by atoms with Crippen LogP contribution in [0.1, 0.15) is 11.3 Å². The van der Waals surface area contributed by atoms with Gasteiger partial charge in [0.15, 0.2) is 0 Å². The highest BCUT2D eigenvalue weighted by molar-refractivity contribution is 9.10. The molecule has 2 aromatic rings. The molecule has 1 aromatic carbocycles. The van der Waals surface area contributed by atoms with Crippen molar-refractivity contribution in [2.45, 2.75) is 13.1 Å². The Morgan fingerprint density at radius 1 is 1.33 bits per heavy atom. The lowest BCUT2D eigenvalue weighted by Crippen LogP contribution is -2.16. The Morgan fingerprint density at radius 3 is 2.78 bits per heavy atom. The van der Waals surface area contributed by atoms with Gasteiger partial charge >= 0.3 is 0 Å². The lowest BCUT2D eigenvalue weighted by Gasteiger charge is -2.20. The van der Waals surface area contributed by atoms with Crippen molar-refractivity contribution in [1.82, 2.24) is 5.32 Å². The summed E-state index contributed by atoms with van der Waals surface area (Å²) >= 11 is 3.62. The van der Waals surface area contributed by atoms with Crippen LogP contribution in [0.4, 0.5) is 5.69 Å². The van der Waals surface area contributed by atoms with Crippen LogP contribution in [-0.4, -0.2) is 14.1 Å². The Hall–Kier alpha value is -1.26. The van der Waals surface area contributed by atoms with E-state index in [4.69, 9.17) is 4.42 Å². The molecule has 0 saturated carbocycles. The topological polar surface area (TPSA) is 28.4 Å². The smallest absolute Gasteiger partial charge is 0.123 e. The number of benzene rings is 1. The number of furan rings is 1. The summed E-state index contributed by atoms with van der Waals surface area (Å²) in [5.41, 5.74) is 2.42. The van der Waals surface area contributed by atoms with Crippen LogP contribution in [0.15, 0.2) is 45.5 Å². The number of rotatable bonds is 5. The molecule has 0 radical (unpaired) electrons. The molecule has 0 spiro atoms. The largest absolute Gasteiger partial charge is 0.467 e. The summed E-state index contributed by atoms with van der Waals surface area (Å²) < 4.78 is 6.46. The highest BCUT2D eigenvalue weighted by Gasteiger charge is 2.08. The first-order valence-corrected chi connectivity index (χ1v) is 6.66. The first kappa shape index (κ1) is 13.2. The third-order valence-electron chi connectivity index (χ3n) is 2.78. The van der Waals surface area contributed by atoms with Crippen LogP contribution in [-0.2, 0) is 13.1 Å². The van der Waals surface area contributed by atoms with Gasteiger partial charge in [0.2, 0.25) is 0 Å². The van der Waals surface area contributed by atoms with Crippen LogP contribution < -0.4 is 10.2 Å². The zero-order chi connectivity index (χ0) is 13.0. The van der Waals surface area contributed by atoms with Crippen molar-refractivity contribution in [3.05, 3.63) is 52.4 Å². The number of nitrogens with zero attached hydrogens (tertiary/aromatic N) is 1. The van der Waals surface area contributed by atoms with Gasteiger partial charge in [-0.25, -0.2) is 0 Å². The Kier molecular flexibility index (Phi) is 4.44. The van der Waals surface area contributed by atoms with Gasteiger partial charge in [-0.15, -0.1) is 0 Å². The normalized spacial score (nSPS) is 10.6. The van der Waals surface area contributed by atoms with Gasteiger partial charge < -0.3 is 14.6 Å². The molecule has 0 aliphatic heterocycles. The summed E-state index contributed by atoms with van der Waals surface area (Å²) in [5, 5.41) is 3.15. The fourth-order valence-electron chi connectivity index (χ4n) is 1.90. The SMILES string of the molecule is CNCc1ccc(N(C)Cc2ccco2)c(Br)c1. The molecule has 0 unspecified atom stereocenters. The van der Waals surface area contributed by atoms with Crippen LogP contribution in [0, 0.1) is 0 Å². The summed E-state index contributed by atoms with van der Waals surface area (Å²) in [7, 11) is 4.01. The summed E-state index contributed by atoms with van der Waals surface area (Å²) in [6.45, 7) is 1.64. The minimum atomic E-state index is 0.761. The second-order valence-electron chi connectivity index (χ2n) is 4.25. The molecule has 0 amide bonds. The van der Waals surface area contributed by atoms with E-state index in [1.807, 2.05) is 19.2 Å². The lowest BCUT2D eigenvalue weighted by atomic mass is 10.2. The van der Waals surface area contributed by atoms with E-state index in [1.54, 1.807) is 6.26 Å². The third-order valence-corrected chi connectivity index (χ3v) is 3.41. The van der Waals surface area contributed by atoms with Crippen molar-refractivity contribution >= 4 is 21.6 Å². The summed E-state index contributed by atoms with van der Waals surface area (Å²) in [6.07, 6.45) is 1.70. The van der Waals surface area contributed by atoms with Crippen molar-refractivity contribution in [2.24, 2.45) is 0 Å². The van der Waals surface area contributed by atoms with Crippen LogP contribution in [0.5, 0.6) is 0 Å². The molecule has 4 heteroatoms. The van der Waals surface area contributed by atoms with Crippen molar-refractivity contribution in [2.75, 3.05) is 19.0 Å². The molecule has 0 aliphatic carbocycles. The minimum Gasteiger partial charge on any atom is -0.467 e. The summed E-state index contributed by atoms with van der Waals surface area (Å²) in [6, 6.07) is 10.3. The molecule has 0 saturated heterocycles. The fraction of sp³-hybridized carbons (Fsp3) is 0.286. The molecule has 0 atom stereocenters. The Balaban J connectivity index is 2.12. The molecule has 1 aromatic heterocycles. The highest BCUT2D eigenvalue weighted by atomic mass is 79.9. The Bertz CT molecular complexity index is 497. The number of anilines is 1. The standard InChI is InChI=1S/C14H17BrN2O/c1-16-9-11-5-6-14(13(15)8-11)17(2)10-12-4-3-7-18-12/h3-8,16H,9-10H2,1-2H3. The Labute approximate surface area is 116 Å². The molecule has 1 N–H and O–H groups in total.